The minimum absolute atomic E-state index is 0.377. The number of piperazine rings is 1. The summed E-state index contributed by atoms with van der Waals surface area (Å²) in [5, 5.41) is 3.33. The molecular weight excluding hydrogens is 212 g/mol. The molecule has 1 heterocycles. The van der Waals surface area contributed by atoms with Crippen molar-refractivity contribution in [2.45, 2.75) is 57.9 Å². The normalized spacial score (nSPS) is 27.1. The maximum absolute atomic E-state index is 12.1. The highest BCUT2D eigenvalue weighted by Crippen LogP contribution is 2.27. The quantitative estimate of drug-likeness (QED) is 0.817. The maximum Gasteiger partial charge on any atom is 0.222 e. The Hall–Kier alpha value is -0.570. The van der Waals surface area contributed by atoms with Gasteiger partial charge in [0.2, 0.25) is 5.91 Å². The van der Waals surface area contributed by atoms with Gasteiger partial charge in [0.1, 0.15) is 0 Å². The van der Waals surface area contributed by atoms with Crippen LogP contribution in [0.15, 0.2) is 0 Å². The zero-order chi connectivity index (χ0) is 12.1. The van der Waals surface area contributed by atoms with Crippen LogP contribution in [0.25, 0.3) is 0 Å². The van der Waals surface area contributed by atoms with E-state index in [0.717, 1.165) is 38.4 Å². The minimum atomic E-state index is 0.377. The summed E-state index contributed by atoms with van der Waals surface area (Å²) in [6.45, 7) is 4.95. The molecule has 2 fully saturated rings. The van der Waals surface area contributed by atoms with Gasteiger partial charge >= 0.3 is 0 Å². The number of amides is 1. The number of hydrogen-bond acceptors (Lipinski definition) is 2. The monoisotopic (exact) mass is 238 g/mol. The first kappa shape index (κ1) is 12.9. The van der Waals surface area contributed by atoms with Crippen molar-refractivity contribution in [3.8, 4) is 0 Å². The van der Waals surface area contributed by atoms with E-state index in [1.54, 1.807) is 0 Å². The molecule has 0 radical (unpaired) electrons. The molecule has 0 aromatic rings. The number of nitrogens with one attached hydrogen (secondary N) is 1. The van der Waals surface area contributed by atoms with E-state index < -0.39 is 0 Å². The van der Waals surface area contributed by atoms with Gasteiger partial charge in [-0.15, -0.1) is 0 Å². The van der Waals surface area contributed by atoms with Crippen LogP contribution >= 0.6 is 0 Å². The third kappa shape index (κ3) is 3.70. The second-order valence-electron chi connectivity index (χ2n) is 5.68. The fourth-order valence-electron chi connectivity index (χ4n) is 3.16. The Morgan fingerprint density at radius 3 is 2.76 bits per heavy atom. The topological polar surface area (TPSA) is 32.3 Å². The molecule has 2 rings (SSSR count). The molecule has 1 aliphatic carbocycles. The van der Waals surface area contributed by atoms with Crippen molar-refractivity contribution in [2.24, 2.45) is 5.92 Å². The van der Waals surface area contributed by atoms with Crippen LogP contribution in [-0.2, 0) is 4.79 Å². The van der Waals surface area contributed by atoms with Gasteiger partial charge in [-0.2, -0.15) is 0 Å². The Labute approximate surface area is 105 Å². The summed E-state index contributed by atoms with van der Waals surface area (Å²) in [6, 6.07) is 0.377. The fraction of sp³-hybridized carbons (Fsp3) is 0.929. The molecule has 1 amide bonds. The van der Waals surface area contributed by atoms with E-state index in [1.807, 2.05) is 0 Å². The zero-order valence-electron chi connectivity index (χ0n) is 11.1. The van der Waals surface area contributed by atoms with E-state index in [0.29, 0.717) is 11.9 Å². The molecule has 0 spiro atoms. The van der Waals surface area contributed by atoms with Gasteiger partial charge in [0.25, 0.3) is 0 Å². The summed E-state index contributed by atoms with van der Waals surface area (Å²) < 4.78 is 0. The molecule has 1 aliphatic heterocycles. The molecular formula is C14H26N2O. The fourth-order valence-corrected chi connectivity index (χ4v) is 3.16. The Morgan fingerprint density at radius 2 is 2.06 bits per heavy atom. The van der Waals surface area contributed by atoms with Gasteiger partial charge < -0.3 is 10.2 Å². The van der Waals surface area contributed by atoms with Gasteiger partial charge in [0, 0.05) is 32.1 Å². The van der Waals surface area contributed by atoms with Gasteiger partial charge in [0.15, 0.2) is 0 Å². The first-order chi connectivity index (χ1) is 8.27. The van der Waals surface area contributed by atoms with E-state index in [2.05, 4.69) is 17.1 Å². The van der Waals surface area contributed by atoms with Crippen molar-refractivity contribution in [2.75, 3.05) is 19.6 Å². The Balaban J connectivity index is 1.72. The van der Waals surface area contributed by atoms with E-state index in [9.17, 15) is 4.79 Å². The highest BCUT2D eigenvalue weighted by Gasteiger charge is 2.23. The molecule has 2 aliphatic rings. The largest absolute Gasteiger partial charge is 0.337 e. The van der Waals surface area contributed by atoms with Crippen LogP contribution in [0, 0.1) is 5.92 Å². The molecule has 98 valence electrons. The van der Waals surface area contributed by atoms with Crippen molar-refractivity contribution in [1.82, 2.24) is 10.2 Å². The first-order valence-electron chi connectivity index (χ1n) is 7.27. The summed E-state index contributed by atoms with van der Waals surface area (Å²) in [7, 11) is 0. The van der Waals surface area contributed by atoms with E-state index in [1.165, 1.54) is 32.1 Å². The molecule has 3 heteroatoms. The van der Waals surface area contributed by atoms with Crippen molar-refractivity contribution >= 4 is 5.91 Å². The van der Waals surface area contributed by atoms with Gasteiger partial charge in [-0.3, -0.25) is 4.79 Å². The third-order valence-electron chi connectivity index (χ3n) is 4.31. The van der Waals surface area contributed by atoms with Crippen LogP contribution in [-0.4, -0.2) is 36.5 Å². The average molecular weight is 238 g/mol. The van der Waals surface area contributed by atoms with Crippen LogP contribution in [0.4, 0.5) is 0 Å². The highest BCUT2D eigenvalue weighted by molar-refractivity contribution is 5.76. The van der Waals surface area contributed by atoms with Crippen molar-refractivity contribution in [3.63, 3.8) is 0 Å². The summed E-state index contributed by atoms with van der Waals surface area (Å²) in [5.41, 5.74) is 0. The lowest BCUT2D eigenvalue weighted by Gasteiger charge is -2.34. The number of nitrogens with zero attached hydrogens (tertiary/aromatic N) is 1. The highest BCUT2D eigenvalue weighted by atomic mass is 16.2. The van der Waals surface area contributed by atoms with Gasteiger partial charge in [-0.25, -0.2) is 0 Å². The molecule has 1 saturated heterocycles. The Kier molecular flexibility index (Phi) is 4.84. The number of carbonyl (C=O) groups is 1. The van der Waals surface area contributed by atoms with Crippen molar-refractivity contribution in [3.05, 3.63) is 0 Å². The predicted molar refractivity (Wildman–Crippen MR) is 69.9 cm³/mol. The maximum atomic E-state index is 12.1. The van der Waals surface area contributed by atoms with Crippen LogP contribution in [0.2, 0.25) is 0 Å². The van der Waals surface area contributed by atoms with E-state index in [-0.39, 0.29) is 0 Å². The number of carbonyl (C=O) groups excluding carboxylic acids is 1. The molecule has 1 saturated carbocycles. The number of rotatable bonds is 3. The van der Waals surface area contributed by atoms with Crippen LogP contribution in [0.3, 0.4) is 0 Å². The van der Waals surface area contributed by atoms with E-state index in [4.69, 9.17) is 0 Å². The Bertz CT molecular complexity index is 249. The third-order valence-corrected chi connectivity index (χ3v) is 4.31. The van der Waals surface area contributed by atoms with Crippen LogP contribution in [0.5, 0.6) is 0 Å². The lowest BCUT2D eigenvalue weighted by molar-refractivity contribution is -0.134. The second-order valence-corrected chi connectivity index (χ2v) is 5.68. The molecule has 17 heavy (non-hydrogen) atoms. The molecule has 3 nitrogen and oxygen atoms in total. The summed E-state index contributed by atoms with van der Waals surface area (Å²) in [4.78, 5) is 14.2. The average Bonchev–Trinajstić information content (AvgIpc) is 2.38. The number of hydrogen-bond donors (Lipinski definition) is 1. The SMILES string of the molecule is C[C@@H]1CNCCN1C(=O)CCC1CCCCC1. The van der Waals surface area contributed by atoms with Crippen LogP contribution < -0.4 is 5.32 Å². The van der Waals surface area contributed by atoms with Gasteiger partial charge in [-0.1, -0.05) is 32.1 Å². The Morgan fingerprint density at radius 1 is 1.29 bits per heavy atom. The molecule has 0 aromatic carbocycles. The summed E-state index contributed by atoms with van der Waals surface area (Å²) in [6.07, 6.45) is 8.75. The first-order valence-corrected chi connectivity index (χ1v) is 7.27. The predicted octanol–water partition coefficient (Wildman–Crippen LogP) is 2.17. The van der Waals surface area contributed by atoms with Gasteiger partial charge in [-0.05, 0) is 19.3 Å². The lowest BCUT2D eigenvalue weighted by atomic mass is 9.86. The van der Waals surface area contributed by atoms with Crippen LogP contribution in [0.1, 0.15) is 51.9 Å². The zero-order valence-corrected chi connectivity index (χ0v) is 11.1. The van der Waals surface area contributed by atoms with Crippen molar-refractivity contribution in [1.29, 1.82) is 0 Å². The van der Waals surface area contributed by atoms with Gasteiger partial charge in [0.05, 0.1) is 0 Å². The van der Waals surface area contributed by atoms with E-state index >= 15 is 0 Å². The lowest BCUT2D eigenvalue weighted by Crippen LogP contribution is -2.52. The minimum Gasteiger partial charge on any atom is -0.337 e. The molecule has 0 aromatic heterocycles. The summed E-state index contributed by atoms with van der Waals surface area (Å²) in [5.74, 6) is 1.20. The smallest absolute Gasteiger partial charge is 0.222 e. The summed E-state index contributed by atoms with van der Waals surface area (Å²) >= 11 is 0. The molecule has 0 bridgehead atoms. The molecule has 0 unspecified atom stereocenters. The molecule has 1 N–H and O–H groups in total. The molecule has 1 atom stereocenters. The second kappa shape index (κ2) is 6.39. The van der Waals surface area contributed by atoms with Crippen molar-refractivity contribution < 1.29 is 4.79 Å². The standard InChI is InChI=1S/C14H26N2O/c1-12-11-15-9-10-16(12)14(17)8-7-13-5-3-2-4-6-13/h12-13,15H,2-11H2,1H3/t12-/m1/s1.